The molecule has 0 saturated heterocycles. The van der Waals surface area contributed by atoms with Gasteiger partial charge < -0.3 is 10.4 Å². The molecule has 4 nitrogen and oxygen atoms in total. The molecule has 2 heterocycles. The minimum absolute atomic E-state index is 0.206. The maximum atomic E-state index is 10.7. The predicted molar refractivity (Wildman–Crippen MR) is 75.9 cm³/mol. The third kappa shape index (κ3) is 4.31. The zero-order valence-electron chi connectivity index (χ0n) is 10.1. The predicted octanol–water partition coefficient (Wildman–Crippen LogP) is 2.83. The normalized spacial score (nSPS) is 10.6. The Balaban J connectivity index is 1.75. The zero-order chi connectivity index (χ0) is 13.7. The second-order valence-electron chi connectivity index (χ2n) is 3.98. The van der Waals surface area contributed by atoms with Gasteiger partial charge in [0.05, 0.1) is 15.6 Å². The summed E-state index contributed by atoms with van der Waals surface area (Å²) < 4.78 is 0.806. The number of aromatic carboxylic acids is 1. The van der Waals surface area contributed by atoms with Crippen molar-refractivity contribution in [1.29, 1.82) is 0 Å². The van der Waals surface area contributed by atoms with Crippen LogP contribution in [0.15, 0.2) is 30.5 Å². The lowest BCUT2D eigenvalue weighted by Gasteiger charge is -2.03. The highest BCUT2D eigenvalue weighted by atomic mass is 35.5. The van der Waals surface area contributed by atoms with Gasteiger partial charge >= 0.3 is 5.97 Å². The highest BCUT2D eigenvalue weighted by molar-refractivity contribution is 7.16. The van der Waals surface area contributed by atoms with Gasteiger partial charge in [-0.15, -0.1) is 11.3 Å². The standard InChI is InChI=1S/C13H13ClN2O2S/c14-12-4-3-11(19-12)5-6-15-8-10-2-1-9(7-16-10)13(17)18/h1-4,7,15H,5-6,8H2,(H,17,18). The number of carboxylic acid groups (broad SMARTS) is 1. The quantitative estimate of drug-likeness (QED) is 0.805. The number of nitrogens with one attached hydrogen (secondary N) is 1. The summed E-state index contributed by atoms with van der Waals surface area (Å²) in [5.41, 5.74) is 1.03. The Morgan fingerprint density at radius 3 is 2.79 bits per heavy atom. The van der Waals surface area contributed by atoms with E-state index in [1.54, 1.807) is 23.5 Å². The van der Waals surface area contributed by atoms with Gasteiger partial charge in [-0.3, -0.25) is 4.98 Å². The second-order valence-corrected chi connectivity index (χ2v) is 5.78. The molecule has 0 aliphatic carbocycles. The van der Waals surface area contributed by atoms with Crippen LogP contribution in [0.2, 0.25) is 4.34 Å². The van der Waals surface area contributed by atoms with Crippen LogP contribution >= 0.6 is 22.9 Å². The Morgan fingerprint density at radius 2 is 2.21 bits per heavy atom. The van der Waals surface area contributed by atoms with Crippen molar-refractivity contribution in [2.24, 2.45) is 0 Å². The van der Waals surface area contributed by atoms with E-state index in [4.69, 9.17) is 16.7 Å². The van der Waals surface area contributed by atoms with Crippen molar-refractivity contribution in [3.8, 4) is 0 Å². The van der Waals surface area contributed by atoms with Gasteiger partial charge in [-0.2, -0.15) is 0 Å². The maximum absolute atomic E-state index is 10.7. The molecular weight excluding hydrogens is 284 g/mol. The van der Waals surface area contributed by atoms with Crippen LogP contribution < -0.4 is 5.32 Å². The van der Waals surface area contributed by atoms with E-state index in [1.165, 1.54) is 11.1 Å². The average molecular weight is 297 g/mol. The Hall–Kier alpha value is -1.43. The number of halogens is 1. The fourth-order valence-corrected chi connectivity index (χ4v) is 2.66. The van der Waals surface area contributed by atoms with Crippen molar-refractivity contribution in [1.82, 2.24) is 10.3 Å². The first-order valence-corrected chi connectivity index (χ1v) is 6.98. The number of pyridine rings is 1. The Kier molecular flexibility index (Phi) is 4.90. The van der Waals surface area contributed by atoms with E-state index in [0.29, 0.717) is 6.54 Å². The van der Waals surface area contributed by atoms with Crippen LogP contribution in [0.3, 0.4) is 0 Å². The van der Waals surface area contributed by atoms with Gasteiger partial charge in [0, 0.05) is 24.2 Å². The van der Waals surface area contributed by atoms with Crippen molar-refractivity contribution in [3.63, 3.8) is 0 Å². The molecule has 2 N–H and O–H groups in total. The van der Waals surface area contributed by atoms with Crippen LogP contribution in [-0.2, 0) is 13.0 Å². The highest BCUT2D eigenvalue weighted by Gasteiger charge is 2.03. The van der Waals surface area contributed by atoms with E-state index >= 15 is 0 Å². The number of aromatic nitrogens is 1. The summed E-state index contributed by atoms with van der Waals surface area (Å²) in [6.07, 6.45) is 2.29. The molecular formula is C13H13ClN2O2S. The molecule has 0 unspecified atom stereocenters. The molecule has 0 aliphatic heterocycles. The fourth-order valence-electron chi connectivity index (χ4n) is 1.57. The van der Waals surface area contributed by atoms with Gasteiger partial charge in [0.25, 0.3) is 0 Å². The van der Waals surface area contributed by atoms with Gasteiger partial charge in [-0.1, -0.05) is 11.6 Å². The summed E-state index contributed by atoms with van der Waals surface area (Å²) in [6, 6.07) is 7.20. The zero-order valence-corrected chi connectivity index (χ0v) is 11.7. The number of hydrogen-bond donors (Lipinski definition) is 2. The number of hydrogen-bond acceptors (Lipinski definition) is 4. The van der Waals surface area contributed by atoms with Crippen molar-refractivity contribution in [2.75, 3.05) is 6.54 Å². The number of carboxylic acids is 1. The van der Waals surface area contributed by atoms with Gasteiger partial charge in [-0.25, -0.2) is 4.79 Å². The van der Waals surface area contributed by atoms with Gasteiger partial charge in [-0.05, 0) is 30.7 Å². The summed E-state index contributed by atoms with van der Waals surface area (Å²) >= 11 is 7.43. The summed E-state index contributed by atoms with van der Waals surface area (Å²) in [6.45, 7) is 1.46. The minimum Gasteiger partial charge on any atom is -0.478 e. The molecule has 6 heteroatoms. The molecule has 0 aliphatic rings. The Labute approximate surface area is 120 Å². The molecule has 0 fully saturated rings. The first-order valence-electron chi connectivity index (χ1n) is 5.78. The molecule has 2 rings (SSSR count). The monoisotopic (exact) mass is 296 g/mol. The number of rotatable bonds is 6. The van der Waals surface area contributed by atoms with Gasteiger partial charge in [0.15, 0.2) is 0 Å². The second kappa shape index (κ2) is 6.65. The average Bonchev–Trinajstić information content (AvgIpc) is 2.81. The summed E-state index contributed by atoms with van der Waals surface area (Å²) in [5.74, 6) is -0.957. The first kappa shape index (κ1) is 14.0. The van der Waals surface area contributed by atoms with Crippen LogP contribution in [0.4, 0.5) is 0 Å². The fraction of sp³-hybridized carbons (Fsp3) is 0.231. The molecule has 0 saturated carbocycles. The topological polar surface area (TPSA) is 62.2 Å². The molecule has 100 valence electrons. The van der Waals surface area contributed by atoms with Crippen LogP contribution in [0.25, 0.3) is 0 Å². The van der Waals surface area contributed by atoms with Crippen LogP contribution in [0.1, 0.15) is 20.9 Å². The van der Waals surface area contributed by atoms with Crippen LogP contribution in [0.5, 0.6) is 0 Å². The minimum atomic E-state index is -0.957. The molecule has 0 spiro atoms. The van der Waals surface area contributed by atoms with Crippen LogP contribution in [0, 0.1) is 0 Å². The molecule has 0 amide bonds. The lowest BCUT2D eigenvalue weighted by atomic mass is 10.2. The maximum Gasteiger partial charge on any atom is 0.337 e. The number of nitrogens with zero attached hydrogens (tertiary/aromatic N) is 1. The SMILES string of the molecule is O=C(O)c1ccc(CNCCc2ccc(Cl)s2)nc1. The molecule has 0 atom stereocenters. The van der Waals surface area contributed by atoms with Crippen molar-refractivity contribution >= 4 is 28.9 Å². The van der Waals surface area contributed by atoms with Gasteiger partial charge in [0.1, 0.15) is 0 Å². The molecule has 19 heavy (non-hydrogen) atoms. The lowest BCUT2D eigenvalue weighted by molar-refractivity contribution is 0.0696. The number of carbonyl (C=O) groups is 1. The van der Waals surface area contributed by atoms with Crippen molar-refractivity contribution in [3.05, 3.63) is 50.9 Å². The molecule has 0 aromatic carbocycles. The van der Waals surface area contributed by atoms with E-state index in [-0.39, 0.29) is 5.56 Å². The lowest BCUT2D eigenvalue weighted by Crippen LogP contribution is -2.17. The van der Waals surface area contributed by atoms with E-state index in [0.717, 1.165) is 23.0 Å². The summed E-state index contributed by atoms with van der Waals surface area (Å²) in [4.78, 5) is 16.0. The Morgan fingerprint density at radius 1 is 1.37 bits per heavy atom. The van der Waals surface area contributed by atoms with E-state index in [2.05, 4.69) is 10.3 Å². The molecule has 2 aromatic rings. The van der Waals surface area contributed by atoms with Crippen molar-refractivity contribution in [2.45, 2.75) is 13.0 Å². The summed E-state index contributed by atoms with van der Waals surface area (Å²) in [7, 11) is 0. The number of thiophene rings is 1. The first-order chi connectivity index (χ1) is 9.15. The van der Waals surface area contributed by atoms with E-state index in [1.807, 2.05) is 12.1 Å². The van der Waals surface area contributed by atoms with Crippen molar-refractivity contribution < 1.29 is 9.90 Å². The van der Waals surface area contributed by atoms with Gasteiger partial charge in [0.2, 0.25) is 0 Å². The molecule has 0 bridgehead atoms. The smallest absolute Gasteiger partial charge is 0.337 e. The third-order valence-electron chi connectivity index (χ3n) is 2.55. The highest BCUT2D eigenvalue weighted by Crippen LogP contribution is 2.21. The third-order valence-corrected chi connectivity index (χ3v) is 3.85. The Bertz CT molecular complexity index is 554. The van der Waals surface area contributed by atoms with E-state index in [9.17, 15) is 4.79 Å². The molecule has 0 radical (unpaired) electrons. The van der Waals surface area contributed by atoms with Crippen LogP contribution in [-0.4, -0.2) is 22.6 Å². The summed E-state index contributed by atoms with van der Waals surface area (Å²) in [5, 5.41) is 12.0. The van der Waals surface area contributed by atoms with E-state index < -0.39 is 5.97 Å². The largest absolute Gasteiger partial charge is 0.478 e. The molecule has 2 aromatic heterocycles.